The molecule has 0 saturated heterocycles. The van der Waals surface area contributed by atoms with Crippen LogP contribution in [0, 0.1) is 5.41 Å². The number of benzene rings is 2. The second-order valence-electron chi connectivity index (χ2n) is 7.64. The van der Waals surface area contributed by atoms with Crippen LogP contribution in [0.25, 0.3) is 6.08 Å². The van der Waals surface area contributed by atoms with Gasteiger partial charge in [-0.3, -0.25) is 19.8 Å². The summed E-state index contributed by atoms with van der Waals surface area (Å²) in [7, 11) is 0. The van der Waals surface area contributed by atoms with Crippen LogP contribution < -0.4 is 16.5 Å². The Morgan fingerprint density at radius 1 is 1.03 bits per heavy atom. The van der Waals surface area contributed by atoms with Gasteiger partial charge in [-0.2, -0.15) is 0 Å². The zero-order chi connectivity index (χ0) is 25.0. The van der Waals surface area contributed by atoms with Crippen LogP contribution in [0.4, 0.5) is 11.4 Å². The molecule has 0 atom stereocenters. The van der Waals surface area contributed by atoms with Gasteiger partial charge in [0.15, 0.2) is 0 Å². The summed E-state index contributed by atoms with van der Waals surface area (Å²) in [6.07, 6.45) is 6.62. The maximum Gasteiger partial charge on any atom is 0.243 e. The first kappa shape index (κ1) is 25.7. The first-order valence-corrected chi connectivity index (χ1v) is 11.8. The van der Waals surface area contributed by atoms with Crippen molar-refractivity contribution in [1.29, 1.82) is 5.41 Å². The van der Waals surface area contributed by atoms with E-state index in [1.54, 1.807) is 23.8 Å². The Bertz CT molecular complexity index is 1210. The predicted octanol–water partition coefficient (Wildman–Crippen LogP) is 4.90. The Morgan fingerprint density at radius 3 is 2.49 bits per heavy atom. The normalized spacial score (nSPS) is 10.8. The molecular formula is C26H27N5O3S. The zero-order valence-corrected chi connectivity index (χ0v) is 19.8. The van der Waals surface area contributed by atoms with Gasteiger partial charge in [0, 0.05) is 40.1 Å². The highest BCUT2D eigenvalue weighted by Crippen LogP contribution is 2.35. The predicted molar refractivity (Wildman–Crippen MR) is 139 cm³/mol. The number of nitrogens with two attached hydrogens (primary N) is 1. The highest BCUT2D eigenvalue weighted by Gasteiger charge is 2.11. The highest BCUT2D eigenvalue weighted by atomic mass is 32.2. The maximum absolute atomic E-state index is 12.3. The van der Waals surface area contributed by atoms with Crippen LogP contribution in [0.15, 0.2) is 82.7 Å². The maximum atomic E-state index is 12.3. The summed E-state index contributed by atoms with van der Waals surface area (Å²) in [5.41, 5.74) is 10.7. The molecule has 0 aliphatic carbocycles. The summed E-state index contributed by atoms with van der Waals surface area (Å²) in [6.45, 7) is 0. The monoisotopic (exact) mass is 489 g/mol. The van der Waals surface area contributed by atoms with E-state index < -0.39 is 5.91 Å². The van der Waals surface area contributed by atoms with E-state index >= 15 is 0 Å². The van der Waals surface area contributed by atoms with Gasteiger partial charge in [0.1, 0.15) is 0 Å². The molecule has 6 N–H and O–H groups in total. The highest BCUT2D eigenvalue weighted by molar-refractivity contribution is 7.99. The lowest BCUT2D eigenvalue weighted by Gasteiger charge is -2.12. The Labute approximate surface area is 208 Å². The van der Waals surface area contributed by atoms with Crippen LogP contribution in [0.1, 0.15) is 36.9 Å². The summed E-state index contributed by atoms with van der Waals surface area (Å²) in [4.78, 5) is 29.3. The largest absolute Gasteiger partial charge is 0.398 e. The third-order valence-electron chi connectivity index (χ3n) is 4.99. The quantitative estimate of drug-likeness (QED) is 0.0853. The fourth-order valence-corrected chi connectivity index (χ4v) is 4.16. The number of hydrogen-bond acceptors (Lipinski definition) is 7. The van der Waals surface area contributed by atoms with Crippen LogP contribution in [-0.4, -0.2) is 27.7 Å². The lowest BCUT2D eigenvalue weighted by molar-refractivity contribution is -0.129. The summed E-state index contributed by atoms with van der Waals surface area (Å²) >= 11 is 1.46. The molecule has 0 fully saturated rings. The van der Waals surface area contributed by atoms with E-state index in [-0.39, 0.29) is 24.5 Å². The summed E-state index contributed by atoms with van der Waals surface area (Å²) in [6, 6.07) is 18.6. The fraction of sp³-hybridized carbons (Fsp3) is 0.154. The average Bonchev–Trinajstić information content (AvgIpc) is 2.87. The van der Waals surface area contributed by atoms with Gasteiger partial charge >= 0.3 is 0 Å². The van der Waals surface area contributed by atoms with Crippen molar-refractivity contribution in [1.82, 2.24) is 10.5 Å². The molecule has 9 heteroatoms. The van der Waals surface area contributed by atoms with Crippen molar-refractivity contribution in [2.45, 2.75) is 35.5 Å². The van der Waals surface area contributed by atoms with Gasteiger partial charge in [-0.25, -0.2) is 5.48 Å². The van der Waals surface area contributed by atoms with Gasteiger partial charge in [0.25, 0.3) is 0 Å². The van der Waals surface area contributed by atoms with Crippen LogP contribution in [0.3, 0.4) is 0 Å². The minimum absolute atomic E-state index is 0.148. The number of allylic oxidation sites excluding steroid dienone is 1. The molecule has 3 rings (SSSR count). The minimum atomic E-state index is -0.461. The first-order chi connectivity index (χ1) is 17.0. The Hall–Kier alpha value is -3.95. The molecule has 8 nitrogen and oxygen atoms in total. The number of para-hydroxylation sites is 1. The number of nitrogen functional groups attached to an aromatic ring is 1. The molecule has 0 bridgehead atoms. The Morgan fingerprint density at radius 2 is 1.77 bits per heavy atom. The molecule has 3 aromatic rings. The average molecular weight is 490 g/mol. The van der Waals surface area contributed by atoms with Crippen LogP contribution in [-0.2, 0) is 9.59 Å². The SMILES string of the molecule is N=C(/C=C/c1ccccn1)c1ccc(Sc2ccccc2NC(=O)CCCCC(=O)NO)cc1N. The van der Waals surface area contributed by atoms with E-state index in [1.165, 1.54) is 11.8 Å². The Kier molecular flexibility index (Phi) is 9.58. The van der Waals surface area contributed by atoms with E-state index in [1.807, 2.05) is 60.7 Å². The summed E-state index contributed by atoms with van der Waals surface area (Å²) in [5.74, 6) is -0.609. The van der Waals surface area contributed by atoms with Crippen molar-refractivity contribution in [2.75, 3.05) is 11.1 Å². The third-order valence-corrected chi connectivity index (χ3v) is 6.06. The van der Waals surface area contributed by atoms with Crippen LogP contribution in [0.2, 0.25) is 0 Å². The summed E-state index contributed by atoms with van der Waals surface area (Å²) < 4.78 is 0. The van der Waals surface area contributed by atoms with Crippen LogP contribution >= 0.6 is 11.8 Å². The molecule has 1 aromatic heterocycles. The van der Waals surface area contributed by atoms with Crippen molar-refractivity contribution in [2.24, 2.45) is 0 Å². The van der Waals surface area contributed by atoms with E-state index in [4.69, 9.17) is 16.4 Å². The number of anilines is 2. The number of rotatable bonds is 11. The molecule has 0 unspecified atom stereocenters. The number of amides is 2. The van der Waals surface area contributed by atoms with E-state index in [0.29, 0.717) is 29.8 Å². The molecule has 35 heavy (non-hydrogen) atoms. The van der Waals surface area contributed by atoms with Crippen molar-refractivity contribution >= 4 is 46.7 Å². The van der Waals surface area contributed by atoms with Gasteiger partial charge < -0.3 is 16.5 Å². The molecule has 0 aliphatic rings. The lowest BCUT2D eigenvalue weighted by atomic mass is 10.1. The molecule has 0 aliphatic heterocycles. The summed E-state index contributed by atoms with van der Waals surface area (Å²) in [5, 5.41) is 19.8. The number of nitrogens with zero attached hydrogens (tertiary/aromatic N) is 1. The number of hydroxylamine groups is 1. The molecule has 0 spiro atoms. The van der Waals surface area contributed by atoms with Gasteiger partial charge in [-0.1, -0.05) is 30.0 Å². The molecule has 0 saturated carbocycles. The molecule has 180 valence electrons. The van der Waals surface area contributed by atoms with Gasteiger partial charge in [-0.05, 0) is 67.5 Å². The van der Waals surface area contributed by atoms with Crippen molar-refractivity contribution in [3.05, 3.63) is 84.2 Å². The molecular weight excluding hydrogens is 462 g/mol. The number of pyridine rings is 1. The van der Waals surface area contributed by atoms with E-state index in [9.17, 15) is 9.59 Å². The fourth-order valence-electron chi connectivity index (χ4n) is 3.21. The smallest absolute Gasteiger partial charge is 0.243 e. The second kappa shape index (κ2) is 13.1. The zero-order valence-electron chi connectivity index (χ0n) is 19.0. The van der Waals surface area contributed by atoms with E-state index in [0.717, 1.165) is 15.5 Å². The number of carbonyl (C=O) groups excluding carboxylic acids is 2. The number of aromatic nitrogens is 1. The van der Waals surface area contributed by atoms with Gasteiger partial charge in [0.05, 0.1) is 17.1 Å². The number of hydrogen-bond donors (Lipinski definition) is 5. The second-order valence-corrected chi connectivity index (χ2v) is 8.75. The molecule has 0 radical (unpaired) electrons. The molecule has 2 amide bonds. The van der Waals surface area contributed by atoms with Crippen molar-refractivity contribution in [3.63, 3.8) is 0 Å². The standard InChI is InChI=1S/C26H27N5O3S/c27-21(15-12-18-7-5-6-16-29-18)20-14-13-19(17-22(20)28)35-24-9-2-1-8-23(24)30-25(32)10-3-4-11-26(33)31-34/h1-2,5-9,12-17,27,34H,3-4,10-11,28H2,(H,30,32)(H,31,33)/b15-12+,27-21?. The van der Waals surface area contributed by atoms with Crippen molar-refractivity contribution in [3.8, 4) is 0 Å². The topological polar surface area (TPSA) is 141 Å². The van der Waals surface area contributed by atoms with E-state index in [2.05, 4.69) is 10.3 Å². The molecule has 1 heterocycles. The Balaban J connectivity index is 1.62. The minimum Gasteiger partial charge on any atom is -0.398 e. The number of nitrogens with one attached hydrogen (secondary N) is 3. The number of unbranched alkanes of at least 4 members (excludes halogenated alkanes) is 1. The third kappa shape index (κ3) is 8.09. The number of carbonyl (C=O) groups is 2. The first-order valence-electron chi connectivity index (χ1n) is 11.0. The lowest BCUT2D eigenvalue weighted by Crippen LogP contribution is -2.18. The van der Waals surface area contributed by atoms with Crippen LogP contribution in [0.5, 0.6) is 0 Å². The van der Waals surface area contributed by atoms with Crippen molar-refractivity contribution < 1.29 is 14.8 Å². The van der Waals surface area contributed by atoms with Gasteiger partial charge in [-0.15, -0.1) is 0 Å². The van der Waals surface area contributed by atoms with Gasteiger partial charge in [0.2, 0.25) is 11.8 Å². The molecule has 2 aromatic carbocycles.